The fourth-order valence-electron chi connectivity index (χ4n) is 1.73. The second-order valence-corrected chi connectivity index (χ2v) is 6.40. The minimum Gasteiger partial charge on any atom is -0.385 e. The van der Waals surface area contributed by atoms with Gasteiger partial charge < -0.3 is 10.5 Å². The SMILES string of the molecule is COCCCN(C)S(=O)(=O)c1ccc(CCN)cc1. The topological polar surface area (TPSA) is 72.6 Å². The summed E-state index contributed by atoms with van der Waals surface area (Å²) in [7, 11) is -0.221. The maximum atomic E-state index is 12.3. The Balaban J connectivity index is 2.75. The molecular weight excluding hydrogens is 264 g/mol. The van der Waals surface area contributed by atoms with Gasteiger partial charge >= 0.3 is 0 Å². The van der Waals surface area contributed by atoms with Gasteiger partial charge in [-0.1, -0.05) is 12.1 Å². The highest BCUT2D eigenvalue weighted by Gasteiger charge is 2.19. The van der Waals surface area contributed by atoms with Crippen molar-refractivity contribution in [3.63, 3.8) is 0 Å². The molecule has 0 fully saturated rings. The van der Waals surface area contributed by atoms with Crippen molar-refractivity contribution in [2.75, 3.05) is 33.9 Å². The van der Waals surface area contributed by atoms with Gasteiger partial charge in [-0.3, -0.25) is 0 Å². The van der Waals surface area contributed by atoms with E-state index in [-0.39, 0.29) is 0 Å². The summed E-state index contributed by atoms with van der Waals surface area (Å²) >= 11 is 0. The summed E-state index contributed by atoms with van der Waals surface area (Å²) in [6, 6.07) is 6.88. The lowest BCUT2D eigenvalue weighted by Crippen LogP contribution is -2.28. The lowest BCUT2D eigenvalue weighted by atomic mass is 10.2. The fraction of sp³-hybridized carbons (Fsp3) is 0.538. The minimum atomic E-state index is -3.40. The molecular formula is C13H22N2O3S. The van der Waals surface area contributed by atoms with E-state index in [4.69, 9.17) is 10.5 Å². The molecule has 1 aromatic rings. The van der Waals surface area contributed by atoms with Crippen LogP contribution in [0.15, 0.2) is 29.2 Å². The quantitative estimate of drug-likeness (QED) is 0.719. The first kappa shape index (κ1) is 16.1. The van der Waals surface area contributed by atoms with Gasteiger partial charge in [0.2, 0.25) is 10.0 Å². The molecule has 0 aromatic heterocycles. The van der Waals surface area contributed by atoms with Crippen LogP contribution in [-0.2, 0) is 21.2 Å². The van der Waals surface area contributed by atoms with E-state index >= 15 is 0 Å². The molecule has 0 saturated carbocycles. The summed E-state index contributed by atoms with van der Waals surface area (Å²) in [6.07, 6.45) is 1.43. The van der Waals surface area contributed by atoms with Crippen molar-refractivity contribution in [3.8, 4) is 0 Å². The van der Waals surface area contributed by atoms with Crippen LogP contribution in [0.25, 0.3) is 0 Å². The van der Waals surface area contributed by atoms with Crippen molar-refractivity contribution in [1.29, 1.82) is 0 Å². The largest absolute Gasteiger partial charge is 0.385 e. The number of hydrogen-bond acceptors (Lipinski definition) is 4. The number of methoxy groups -OCH3 is 1. The Morgan fingerprint density at radius 3 is 2.42 bits per heavy atom. The Morgan fingerprint density at radius 1 is 1.26 bits per heavy atom. The molecule has 108 valence electrons. The van der Waals surface area contributed by atoms with E-state index in [9.17, 15) is 8.42 Å². The van der Waals surface area contributed by atoms with E-state index in [0.29, 0.717) is 31.0 Å². The number of ether oxygens (including phenoxy) is 1. The molecule has 0 bridgehead atoms. The number of nitrogens with zero attached hydrogens (tertiary/aromatic N) is 1. The fourth-order valence-corrected chi connectivity index (χ4v) is 2.94. The third kappa shape index (κ3) is 4.58. The van der Waals surface area contributed by atoms with Gasteiger partial charge in [0.15, 0.2) is 0 Å². The second kappa shape index (κ2) is 7.59. The molecule has 0 spiro atoms. The van der Waals surface area contributed by atoms with Crippen LogP contribution in [0.2, 0.25) is 0 Å². The number of rotatable bonds is 8. The number of hydrogen-bond donors (Lipinski definition) is 1. The van der Waals surface area contributed by atoms with Crippen LogP contribution in [0.1, 0.15) is 12.0 Å². The van der Waals surface area contributed by atoms with Crippen molar-refractivity contribution in [1.82, 2.24) is 4.31 Å². The van der Waals surface area contributed by atoms with Crippen molar-refractivity contribution < 1.29 is 13.2 Å². The van der Waals surface area contributed by atoms with Gasteiger partial charge in [-0.25, -0.2) is 12.7 Å². The third-order valence-corrected chi connectivity index (χ3v) is 4.76. The predicted octanol–water partition coefficient (Wildman–Crippen LogP) is 0.845. The monoisotopic (exact) mass is 286 g/mol. The third-order valence-electron chi connectivity index (χ3n) is 2.89. The van der Waals surface area contributed by atoms with Crippen molar-refractivity contribution in [3.05, 3.63) is 29.8 Å². The molecule has 0 aliphatic carbocycles. The average molecular weight is 286 g/mol. The Morgan fingerprint density at radius 2 is 1.89 bits per heavy atom. The van der Waals surface area contributed by atoms with Crippen LogP contribution < -0.4 is 5.73 Å². The van der Waals surface area contributed by atoms with E-state index in [1.807, 2.05) is 12.1 Å². The molecule has 0 aliphatic rings. The van der Waals surface area contributed by atoms with Crippen LogP contribution >= 0.6 is 0 Å². The maximum Gasteiger partial charge on any atom is 0.242 e. The van der Waals surface area contributed by atoms with E-state index < -0.39 is 10.0 Å². The van der Waals surface area contributed by atoms with Crippen LogP contribution in [0, 0.1) is 0 Å². The first-order valence-electron chi connectivity index (χ1n) is 6.26. The normalized spacial score (nSPS) is 12.0. The molecule has 6 heteroatoms. The molecule has 0 amide bonds. The molecule has 0 aliphatic heterocycles. The summed E-state index contributed by atoms with van der Waals surface area (Å²) in [5.74, 6) is 0. The number of nitrogens with two attached hydrogens (primary N) is 1. The zero-order valence-corrected chi connectivity index (χ0v) is 12.3. The van der Waals surface area contributed by atoms with E-state index in [0.717, 1.165) is 12.0 Å². The summed E-state index contributed by atoms with van der Waals surface area (Å²) in [6.45, 7) is 1.55. The molecule has 1 rings (SSSR count). The average Bonchev–Trinajstić information content (AvgIpc) is 2.40. The Bertz CT molecular complexity index is 471. The summed E-state index contributed by atoms with van der Waals surface area (Å²) in [5.41, 5.74) is 6.51. The smallest absolute Gasteiger partial charge is 0.242 e. The Labute approximate surface area is 115 Å². The highest BCUT2D eigenvalue weighted by molar-refractivity contribution is 7.89. The Hall–Kier alpha value is -0.950. The van der Waals surface area contributed by atoms with Crippen LogP contribution in [0.3, 0.4) is 0 Å². The molecule has 5 nitrogen and oxygen atoms in total. The lowest BCUT2D eigenvalue weighted by molar-refractivity contribution is 0.189. The maximum absolute atomic E-state index is 12.3. The zero-order chi connectivity index (χ0) is 14.3. The first-order valence-corrected chi connectivity index (χ1v) is 7.70. The Kier molecular flexibility index (Phi) is 6.44. The molecule has 0 unspecified atom stereocenters. The standard InChI is InChI=1S/C13H22N2O3S/c1-15(10-3-11-18-2)19(16,17)13-6-4-12(5-7-13)8-9-14/h4-7H,3,8-11,14H2,1-2H3. The van der Waals surface area contributed by atoms with Crippen LogP contribution in [-0.4, -0.2) is 46.6 Å². The van der Waals surface area contributed by atoms with Gasteiger partial charge in [0.25, 0.3) is 0 Å². The van der Waals surface area contributed by atoms with Crippen molar-refractivity contribution in [2.24, 2.45) is 5.73 Å². The minimum absolute atomic E-state index is 0.313. The molecule has 2 N–H and O–H groups in total. The summed E-state index contributed by atoms with van der Waals surface area (Å²) in [5, 5.41) is 0. The van der Waals surface area contributed by atoms with Gasteiger partial charge in [-0.15, -0.1) is 0 Å². The lowest BCUT2D eigenvalue weighted by Gasteiger charge is -2.17. The van der Waals surface area contributed by atoms with E-state index in [2.05, 4.69) is 0 Å². The predicted molar refractivity (Wildman–Crippen MR) is 75.5 cm³/mol. The van der Waals surface area contributed by atoms with E-state index in [1.54, 1.807) is 26.3 Å². The van der Waals surface area contributed by atoms with Crippen molar-refractivity contribution >= 4 is 10.0 Å². The highest BCUT2D eigenvalue weighted by Crippen LogP contribution is 2.15. The molecule has 19 heavy (non-hydrogen) atoms. The summed E-state index contributed by atoms with van der Waals surface area (Å²) in [4.78, 5) is 0.313. The highest BCUT2D eigenvalue weighted by atomic mass is 32.2. The van der Waals surface area contributed by atoms with Crippen molar-refractivity contribution in [2.45, 2.75) is 17.7 Å². The molecule has 1 aromatic carbocycles. The number of sulfonamides is 1. The van der Waals surface area contributed by atoms with Gasteiger partial charge in [0.1, 0.15) is 0 Å². The second-order valence-electron chi connectivity index (χ2n) is 4.36. The van der Waals surface area contributed by atoms with Gasteiger partial charge in [0, 0.05) is 27.3 Å². The molecule has 0 heterocycles. The van der Waals surface area contributed by atoms with E-state index in [1.165, 1.54) is 4.31 Å². The number of benzene rings is 1. The van der Waals surface area contributed by atoms with Gasteiger partial charge in [0.05, 0.1) is 4.90 Å². The molecule has 0 radical (unpaired) electrons. The van der Waals surface area contributed by atoms with Crippen LogP contribution in [0.4, 0.5) is 0 Å². The van der Waals surface area contributed by atoms with Gasteiger partial charge in [-0.05, 0) is 37.1 Å². The molecule has 0 atom stereocenters. The van der Waals surface area contributed by atoms with Crippen LogP contribution in [0.5, 0.6) is 0 Å². The summed E-state index contributed by atoms with van der Waals surface area (Å²) < 4.78 is 30.8. The first-order chi connectivity index (χ1) is 9.02. The zero-order valence-electron chi connectivity index (χ0n) is 11.5. The molecule has 0 saturated heterocycles. The van der Waals surface area contributed by atoms with Gasteiger partial charge in [-0.2, -0.15) is 0 Å².